The van der Waals surface area contributed by atoms with Crippen LogP contribution in [-0.2, 0) is 6.42 Å². The van der Waals surface area contributed by atoms with Gasteiger partial charge in [-0.2, -0.15) is 4.98 Å². The molecule has 3 aliphatic rings. The molecule has 1 aromatic carbocycles. The summed E-state index contributed by atoms with van der Waals surface area (Å²) in [6, 6.07) is 7.54. The SMILES string of the molecule is C(=C\c1nc(C2CC3CCC(C2)N3)no1)/c1ccc2c(c1)CCO2. The van der Waals surface area contributed by atoms with Gasteiger partial charge in [0.1, 0.15) is 5.75 Å². The highest BCUT2D eigenvalue weighted by molar-refractivity contribution is 5.67. The van der Waals surface area contributed by atoms with E-state index in [4.69, 9.17) is 9.26 Å². The molecule has 0 aliphatic carbocycles. The molecule has 0 amide bonds. The molecule has 2 aromatic rings. The molecule has 2 unspecified atom stereocenters. The summed E-state index contributed by atoms with van der Waals surface area (Å²) in [5.74, 6) is 2.91. The predicted molar refractivity (Wildman–Crippen MR) is 90.8 cm³/mol. The molecule has 2 saturated heterocycles. The molecule has 1 N–H and O–H groups in total. The molecule has 5 nitrogen and oxygen atoms in total. The van der Waals surface area contributed by atoms with Gasteiger partial charge in [0.05, 0.1) is 6.61 Å². The molecular weight excluding hydrogens is 302 g/mol. The molecule has 24 heavy (non-hydrogen) atoms. The highest BCUT2D eigenvalue weighted by Gasteiger charge is 2.35. The van der Waals surface area contributed by atoms with Crippen molar-refractivity contribution in [1.82, 2.24) is 15.5 Å². The Labute approximate surface area is 141 Å². The van der Waals surface area contributed by atoms with E-state index in [2.05, 4.69) is 27.6 Å². The topological polar surface area (TPSA) is 60.2 Å². The third-order valence-corrected chi connectivity index (χ3v) is 5.43. The molecule has 1 aromatic heterocycles. The number of aromatic nitrogens is 2. The van der Waals surface area contributed by atoms with Gasteiger partial charge in [0, 0.05) is 30.5 Å². The number of nitrogens with one attached hydrogen (secondary N) is 1. The van der Waals surface area contributed by atoms with Gasteiger partial charge in [-0.3, -0.25) is 0 Å². The fraction of sp³-hybridized carbons (Fsp3) is 0.474. The van der Waals surface area contributed by atoms with E-state index in [1.807, 2.05) is 18.2 Å². The highest BCUT2D eigenvalue weighted by Crippen LogP contribution is 2.36. The Kier molecular flexibility index (Phi) is 3.40. The number of hydrogen-bond acceptors (Lipinski definition) is 5. The Bertz CT molecular complexity index is 771. The van der Waals surface area contributed by atoms with E-state index in [0.29, 0.717) is 23.9 Å². The molecule has 5 rings (SSSR count). The summed E-state index contributed by atoms with van der Waals surface area (Å²) in [4.78, 5) is 4.60. The van der Waals surface area contributed by atoms with E-state index >= 15 is 0 Å². The molecule has 0 spiro atoms. The molecule has 124 valence electrons. The number of piperidine rings is 1. The van der Waals surface area contributed by atoms with Crippen molar-refractivity contribution >= 4 is 12.2 Å². The zero-order chi connectivity index (χ0) is 15.9. The fourth-order valence-electron chi connectivity index (χ4n) is 4.23. The third kappa shape index (κ3) is 2.63. The quantitative estimate of drug-likeness (QED) is 0.940. The summed E-state index contributed by atoms with van der Waals surface area (Å²) in [7, 11) is 0. The van der Waals surface area contributed by atoms with Crippen molar-refractivity contribution in [2.75, 3.05) is 6.61 Å². The van der Waals surface area contributed by atoms with Gasteiger partial charge in [0.15, 0.2) is 5.82 Å². The van der Waals surface area contributed by atoms with Gasteiger partial charge >= 0.3 is 0 Å². The minimum Gasteiger partial charge on any atom is -0.493 e. The van der Waals surface area contributed by atoms with Crippen LogP contribution in [0.1, 0.15) is 54.4 Å². The first-order valence-electron chi connectivity index (χ1n) is 8.87. The van der Waals surface area contributed by atoms with Gasteiger partial charge in [-0.25, -0.2) is 0 Å². The maximum atomic E-state index is 5.54. The van der Waals surface area contributed by atoms with Gasteiger partial charge in [-0.05, 0) is 55.0 Å². The van der Waals surface area contributed by atoms with Crippen LogP contribution in [0.2, 0.25) is 0 Å². The van der Waals surface area contributed by atoms with Crippen molar-refractivity contribution in [3.8, 4) is 5.75 Å². The Balaban J connectivity index is 1.31. The van der Waals surface area contributed by atoms with E-state index in [-0.39, 0.29) is 0 Å². The minimum atomic E-state index is 0.437. The number of nitrogens with zero attached hydrogens (tertiary/aromatic N) is 2. The van der Waals surface area contributed by atoms with E-state index in [1.165, 1.54) is 18.4 Å². The summed E-state index contributed by atoms with van der Waals surface area (Å²) in [6.07, 6.45) is 9.75. The Morgan fingerprint density at radius 1 is 1.12 bits per heavy atom. The lowest BCUT2D eigenvalue weighted by Crippen LogP contribution is -2.37. The molecule has 0 saturated carbocycles. The summed E-state index contributed by atoms with van der Waals surface area (Å²) >= 11 is 0. The number of benzene rings is 1. The second kappa shape index (κ2) is 5.74. The molecular formula is C19H21N3O2. The first-order chi connectivity index (χ1) is 11.8. The van der Waals surface area contributed by atoms with Crippen molar-refractivity contribution < 1.29 is 9.26 Å². The largest absolute Gasteiger partial charge is 0.493 e. The minimum absolute atomic E-state index is 0.437. The van der Waals surface area contributed by atoms with Crippen LogP contribution < -0.4 is 10.1 Å². The van der Waals surface area contributed by atoms with Crippen molar-refractivity contribution in [2.45, 2.75) is 50.1 Å². The van der Waals surface area contributed by atoms with Crippen LogP contribution in [0.4, 0.5) is 0 Å². The molecule has 5 heteroatoms. The van der Waals surface area contributed by atoms with E-state index in [0.717, 1.165) is 43.0 Å². The van der Waals surface area contributed by atoms with Crippen LogP contribution in [0.25, 0.3) is 12.2 Å². The summed E-state index contributed by atoms with van der Waals surface area (Å²) in [5, 5.41) is 7.88. The zero-order valence-corrected chi connectivity index (χ0v) is 13.6. The van der Waals surface area contributed by atoms with Crippen LogP contribution in [0.3, 0.4) is 0 Å². The lowest BCUT2D eigenvalue weighted by molar-refractivity contribution is 0.338. The van der Waals surface area contributed by atoms with Gasteiger partial charge in [0.2, 0.25) is 0 Å². The van der Waals surface area contributed by atoms with Crippen LogP contribution >= 0.6 is 0 Å². The lowest BCUT2D eigenvalue weighted by atomic mass is 9.92. The van der Waals surface area contributed by atoms with Crippen molar-refractivity contribution in [2.24, 2.45) is 0 Å². The number of ether oxygens (including phenoxy) is 1. The number of hydrogen-bond donors (Lipinski definition) is 1. The molecule has 3 aliphatic heterocycles. The molecule has 4 heterocycles. The Morgan fingerprint density at radius 2 is 2.00 bits per heavy atom. The molecule has 2 bridgehead atoms. The van der Waals surface area contributed by atoms with Gasteiger partial charge in [-0.15, -0.1) is 0 Å². The first kappa shape index (κ1) is 14.2. The van der Waals surface area contributed by atoms with Crippen LogP contribution in [0.15, 0.2) is 22.7 Å². The van der Waals surface area contributed by atoms with Crippen molar-refractivity contribution in [1.29, 1.82) is 0 Å². The summed E-state index contributed by atoms with van der Waals surface area (Å²) in [5.41, 5.74) is 2.41. The van der Waals surface area contributed by atoms with E-state index in [1.54, 1.807) is 0 Å². The average Bonchev–Trinajstić information content (AvgIpc) is 3.32. The van der Waals surface area contributed by atoms with E-state index < -0.39 is 0 Å². The van der Waals surface area contributed by atoms with Crippen LogP contribution in [-0.4, -0.2) is 28.8 Å². The second-order valence-electron chi connectivity index (χ2n) is 7.10. The Hall–Kier alpha value is -2.14. The smallest absolute Gasteiger partial charge is 0.250 e. The van der Waals surface area contributed by atoms with E-state index in [9.17, 15) is 0 Å². The maximum Gasteiger partial charge on any atom is 0.250 e. The predicted octanol–water partition coefficient (Wildman–Crippen LogP) is 3.17. The molecule has 2 fully saturated rings. The van der Waals surface area contributed by atoms with Crippen LogP contribution in [0, 0.1) is 0 Å². The standard InChI is InChI=1S/C19H21N3O2/c1-5-17-13(7-8-23-17)9-12(1)2-6-18-21-19(22-24-18)14-10-15-3-4-16(11-14)20-15/h1-2,5-6,9,14-16,20H,3-4,7-8,10-11H2/b6-2+. The second-order valence-corrected chi connectivity index (χ2v) is 7.10. The monoisotopic (exact) mass is 323 g/mol. The number of rotatable bonds is 3. The first-order valence-corrected chi connectivity index (χ1v) is 8.87. The highest BCUT2D eigenvalue weighted by atomic mass is 16.5. The fourth-order valence-corrected chi connectivity index (χ4v) is 4.23. The Morgan fingerprint density at radius 3 is 2.88 bits per heavy atom. The van der Waals surface area contributed by atoms with Crippen molar-refractivity contribution in [3.63, 3.8) is 0 Å². The summed E-state index contributed by atoms with van der Waals surface area (Å²) in [6.45, 7) is 0.785. The van der Waals surface area contributed by atoms with Crippen molar-refractivity contribution in [3.05, 3.63) is 41.0 Å². The molecule has 2 atom stereocenters. The summed E-state index contributed by atoms with van der Waals surface area (Å²) < 4.78 is 11.0. The van der Waals surface area contributed by atoms with Crippen LogP contribution in [0.5, 0.6) is 5.75 Å². The molecule has 0 radical (unpaired) electrons. The van der Waals surface area contributed by atoms with Gasteiger partial charge < -0.3 is 14.6 Å². The third-order valence-electron chi connectivity index (χ3n) is 5.43. The number of fused-ring (bicyclic) bond motifs is 3. The lowest BCUT2D eigenvalue weighted by Gasteiger charge is -2.26. The zero-order valence-electron chi connectivity index (χ0n) is 13.6. The van der Waals surface area contributed by atoms with Gasteiger partial charge in [-0.1, -0.05) is 11.2 Å². The normalized spacial score (nSPS) is 28.2. The average molecular weight is 323 g/mol. The van der Waals surface area contributed by atoms with Gasteiger partial charge in [0.25, 0.3) is 5.89 Å². The maximum absolute atomic E-state index is 5.54.